The molecule has 1 N–H and O–H groups in total. The van der Waals surface area contributed by atoms with Crippen molar-refractivity contribution >= 4 is 68.1 Å². The Kier molecular flexibility index (Phi) is 7.36. The fourth-order valence-electron chi connectivity index (χ4n) is 5.32. The van der Waals surface area contributed by atoms with Crippen molar-refractivity contribution in [1.82, 2.24) is 4.57 Å². The van der Waals surface area contributed by atoms with E-state index in [1.807, 2.05) is 18.2 Å². The van der Waals surface area contributed by atoms with Crippen LogP contribution in [0.3, 0.4) is 0 Å². The van der Waals surface area contributed by atoms with Gasteiger partial charge in [-0.3, -0.25) is 23.7 Å². The summed E-state index contributed by atoms with van der Waals surface area (Å²) >= 11 is 5.35. The Morgan fingerprint density at radius 1 is 0.929 bits per heavy atom. The number of anilines is 2. The van der Waals surface area contributed by atoms with Gasteiger partial charge in [-0.15, -0.1) is 0 Å². The topological polar surface area (TPSA) is 88.5 Å². The number of nitrogens with zero attached hydrogens (tertiary/aromatic N) is 2. The molecule has 1 saturated heterocycles. The number of nitrogens with one attached hydrogen (secondary N) is 1. The molecule has 0 saturated carbocycles. The Morgan fingerprint density at radius 3 is 2.36 bits per heavy atom. The first-order valence-electron chi connectivity index (χ1n) is 12.6. The van der Waals surface area contributed by atoms with Gasteiger partial charge in [-0.25, -0.2) is 4.90 Å². The van der Waals surface area contributed by atoms with Crippen LogP contribution in [0.5, 0.6) is 0 Å². The van der Waals surface area contributed by atoms with Gasteiger partial charge in [0.2, 0.25) is 17.7 Å². The minimum Gasteiger partial charge on any atom is -0.324 e. The molecule has 0 unspecified atom stereocenters. The van der Waals surface area contributed by atoms with E-state index < -0.39 is 63.7 Å². The van der Waals surface area contributed by atoms with Gasteiger partial charge in [0, 0.05) is 15.3 Å². The molecule has 1 fully saturated rings. The molecule has 2 aliphatic heterocycles. The van der Waals surface area contributed by atoms with Crippen LogP contribution in [-0.4, -0.2) is 27.5 Å². The van der Waals surface area contributed by atoms with E-state index in [1.54, 1.807) is 36.4 Å². The molecule has 0 bridgehead atoms. The molecule has 1 aromatic heterocycles. The average Bonchev–Trinajstić information content (AvgIpc) is 3.39. The maximum absolute atomic E-state index is 13.9. The number of aromatic nitrogens is 1. The summed E-state index contributed by atoms with van der Waals surface area (Å²) in [6, 6.07) is 20.4. The van der Waals surface area contributed by atoms with Crippen LogP contribution in [0.1, 0.15) is 21.9 Å². The van der Waals surface area contributed by atoms with Crippen molar-refractivity contribution in [3.8, 4) is 0 Å². The summed E-state index contributed by atoms with van der Waals surface area (Å²) in [5.74, 6) is -3.16. The summed E-state index contributed by atoms with van der Waals surface area (Å²) in [5, 5.41) is 1.73. The highest BCUT2D eigenvalue weighted by molar-refractivity contribution is 9.10. The third-order valence-corrected chi connectivity index (χ3v) is 10.2. The standard InChI is InChI=1S/C29H19BrF3N3O4S2/c30-16-8-6-7-15(13-16)21-22-23(26(39)36(25(22)38)17-9-2-1-3-10-17)41-27-24(21)42-28(40)35(27)14-20(37)34-19-12-5-4-11-18(19)29(31,32)33/h1-13,21-23H,14H2,(H,34,37)/t21-,22-,23+/m0/s1. The van der Waals surface area contributed by atoms with Gasteiger partial charge in [0.05, 0.1) is 27.9 Å². The van der Waals surface area contributed by atoms with E-state index in [9.17, 15) is 32.3 Å². The molecule has 4 aromatic rings. The van der Waals surface area contributed by atoms with Crippen molar-refractivity contribution in [3.63, 3.8) is 0 Å². The number of rotatable bonds is 5. The zero-order valence-electron chi connectivity index (χ0n) is 21.3. The molecule has 13 heteroatoms. The lowest BCUT2D eigenvalue weighted by molar-refractivity contribution is -0.137. The maximum atomic E-state index is 13.9. The third-order valence-electron chi connectivity index (χ3n) is 7.08. The summed E-state index contributed by atoms with van der Waals surface area (Å²) in [6.07, 6.45) is -4.69. The van der Waals surface area contributed by atoms with E-state index in [4.69, 9.17) is 0 Å². The number of amides is 3. The Bertz CT molecular complexity index is 1790. The normalized spacial score (nSPS) is 19.9. The van der Waals surface area contributed by atoms with Gasteiger partial charge >= 0.3 is 11.0 Å². The minimum absolute atomic E-state index is 0.339. The van der Waals surface area contributed by atoms with Gasteiger partial charge in [-0.2, -0.15) is 13.2 Å². The van der Waals surface area contributed by atoms with E-state index in [0.717, 1.165) is 44.6 Å². The Balaban J connectivity index is 1.40. The largest absolute Gasteiger partial charge is 0.418 e. The lowest BCUT2D eigenvalue weighted by Crippen LogP contribution is -2.33. The van der Waals surface area contributed by atoms with Gasteiger partial charge in [-0.05, 0) is 42.0 Å². The molecule has 2 aliphatic rings. The highest BCUT2D eigenvalue weighted by Gasteiger charge is 2.56. The smallest absolute Gasteiger partial charge is 0.324 e. The number of carbonyl (C=O) groups excluding carboxylic acids is 3. The molecule has 214 valence electrons. The molecule has 7 nitrogen and oxygen atoms in total. The van der Waals surface area contributed by atoms with Crippen LogP contribution >= 0.6 is 39.0 Å². The lowest BCUT2D eigenvalue weighted by Gasteiger charge is -2.30. The third kappa shape index (κ3) is 4.99. The second-order valence-corrected chi connectivity index (χ2v) is 12.7. The molecule has 3 aromatic carbocycles. The van der Waals surface area contributed by atoms with E-state index in [-0.39, 0.29) is 0 Å². The molecule has 0 spiro atoms. The number of halogens is 4. The van der Waals surface area contributed by atoms with Crippen LogP contribution in [0.15, 0.2) is 93.2 Å². The highest BCUT2D eigenvalue weighted by atomic mass is 79.9. The van der Waals surface area contributed by atoms with Crippen LogP contribution in [0, 0.1) is 5.92 Å². The zero-order chi connectivity index (χ0) is 29.8. The maximum Gasteiger partial charge on any atom is 0.418 e. The summed E-state index contributed by atoms with van der Waals surface area (Å²) < 4.78 is 42.3. The predicted octanol–water partition coefficient (Wildman–Crippen LogP) is 6.13. The second kappa shape index (κ2) is 10.9. The molecule has 3 heterocycles. The summed E-state index contributed by atoms with van der Waals surface area (Å²) in [7, 11) is 0. The lowest BCUT2D eigenvalue weighted by atomic mass is 9.83. The van der Waals surface area contributed by atoms with Crippen molar-refractivity contribution in [1.29, 1.82) is 0 Å². The molecular weight excluding hydrogens is 655 g/mol. The van der Waals surface area contributed by atoms with Crippen molar-refractivity contribution < 1.29 is 27.6 Å². The van der Waals surface area contributed by atoms with E-state index in [0.29, 0.717) is 21.2 Å². The van der Waals surface area contributed by atoms with E-state index in [1.165, 1.54) is 16.7 Å². The van der Waals surface area contributed by atoms with E-state index >= 15 is 0 Å². The van der Waals surface area contributed by atoms with Crippen LogP contribution in [0.4, 0.5) is 24.5 Å². The molecule has 42 heavy (non-hydrogen) atoms. The van der Waals surface area contributed by atoms with Gasteiger partial charge in [0.25, 0.3) is 0 Å². The number of thiazole rings is 1. The first-order valence-corrected chi connectivity index (χ1v) is 15.1. The van der Waals surface area contributed by atoms with Gasteiger partial charge < -0.3 is 5.32 Å². The monoisotopic (exact) mass is 673 g/mol. The van der Waals surface area contributed by atoms with Crippen molar-refractivity contribution in [2.75, 3.05) is 10.2 Å². The molecule has 0 aliphatic carbocycles. The average molecular weight is 675 g/mol. The van der Waals surface area contributed by atoms with Gasteiger partial charge in [0.1, 0.15) is 11.8 Å². The van der Waals surface area contributed by atoms with E-state index in [2.05, 4.69) is 21.2 Å². The molecule has 6 rings (SSSR count). The number of alkyl halides is 3. The van der Waals surface area contributed by atoms with Crippen molar-refractivity contribution in [2.45, 2.75) is 28.9 Å². The quantitative estimate of drug-likeness (QED) is 0.258. The summed E-state index contributed by atoms with van der Waals surface area (Å²) in [4.78, 5) is 55.0. The zero-order valence-corrected chi connectivity index (χ0v) is 24.5. The van der Waals surface area contributed by atoms with Crippen LogP contribution in [-0.2, 0) is 27.1 Å². The number of thioether (sulfide) groups is 1. The molecular formula is C29H19BrF3N3O4S2. The first-order chi connectivity index (χ1) is 20.0. The highest BCUT2D eigenvalue weighted by Crippen LogP contribution is 2.54. The number of fused-ring (bicyclic) bond motifs is 2. The Labute approximate surface area is 253 Å². The Morgan fingerprint density at radius 2 is 1.64 bits per heavy atom. The van der Waals surface area contributed by atoms with Crippen LogP contribution in [0.2, 0.25) is 0 Å². The number of carbonyl (C=O) groups is 3. The Hall–Kier alpha value is -3.68. The predicted molar refractivity (Wildman–Crippen MR) is 157 cm³/mol. The number of hydrogen-bond donors (Lipinski definition) is 1. The molecule has 3 amide bonds. The number of para-hydroxylation sites is 2. The second-order valence-electron chi connectivity index (χ2n) is 9.66. The van der Waals surface area contributed by atoms with Crippen molar-refractivity contribution in [2.24, 2.45) is 5.92 Å². The summed E-state index contributed by atoms with van der Waals surface area (Å²) in [6.45, 7) is -0.572. The minimum atomic E-state index is -4.69. The molecule has 0 radical (unpaired) electrons. The fraction of sp³-hybridized carbons (Fsp3) is 0.172. The van der Waals surface area contributed by atoms with Gasteiger partial charge in [-0.1, -0.05) is 81.5 Å². The SMILES string of the molecule is O=C(Cn1c2c(sc1=O)[C@@H](c1cccc(Br)c1)[C@@H]1C(=O)N(c3ccccc3)C(=O)[C@@H]1S2)Nc1ccccc1C(F)(F)F. The van der Waals surface area contributed by atoms with Crippen LogP contribution < -0.4 is 15.1 Å². The summed E-state index contributed by atoms with van der Waals surface area (Å²) in [5.41, 5.74) is -0.309. The number of hydrogen-bond acceptors (Lipinski definition) is 6. The number of benzene rings is 3. The van der Waals surface area contributed by atoms with Crippen molar-refractivity contribution in [3.05, 3.63) is 109 Å². The fourth-order valence-corrected chi connectivity index (χ4v) is 8.51. The first kappa shape index (κ1) is 28.4. The van der Waals surface area contributed by atoms with Gasteiger partial charge in [0.15, 0.2) is 0 Å². The van der Waals surface area contributed by atoms with Crippen LogP contribution in [0.25, 0.3) is 0 Å². The molecule has 3 atom stereocenters. The number of imide groups is 1.